The summed E-state index contributed by atoms with van der Waals surface area (Å²) in [6.07, 6.45) is -4.28. The van der Waals surface area contributed by atoms with E-state index in [9.17, 15) is 22.8 Å². The summed E-state index contributed by atoms with van der Waals surface area (Å²) >= 11 is 1.46. The third-order valence-corrected chi connectivity index (χ3v) is 6.33. The van der Waals surface area contributed by atoms with E-state index in [1.54, 1.807) is 13.8 Å². The minimum absolute atomic E-state index is 0.00473. The first-order valence-electron chi connectivity index (χ1n) is 9.59. The molecule has 9 heteroatoms. The molecule has 2 heterocycles. The molecule has 2 aromatic carbocycles. The average molecular weight is 445 g/mol. The van der Waals surface area contributed by atoms with Crippen molar-refractivity contribution in [3.05, 3.63) is 70.1 Å². The lowest BCUT2D eigenvalue weighted by molar-refractivity contribution is -0.137. The van der Waals surface area contributed by atoms with Gasteiger partial charge in [0.1, 0.15) is 6.04 Å². The molecule has 0 unspecified atom stereocenters. The maximum Gasteiger partial charge on any atom is 0.416 e. The van der Waals surface area contributed by atoms with Gasteiger partial charge in [-0.05, 0) is 37.6 Å². The molecule has 4 aromatic rings. The second-order valence-electron chi connectivity index (χ2n) is 7.13. The number of fused-ring (bicyclic) bond motifs is 3. The number of amides is 1. The Bertz CT molecular complexity index is 1360. The molecular formula is C22H18F3N3O2S. The van der Waals surface area contributed by atoms with Crippen molar-refractivity contribution in [2.45, 2.75) is 32.5 Å². The van der Waals surface area contributed by atoms with Crippen molar-refractivity contribution < 1.29 is 18.0 Å². The van der Waals surface area contributed by atoms with Gasteiger partial charge in [0.15, 0.2) is 0 Å². The molecule has 31 heavy (non-hydrogen) atoms. The van der Waals surface area contributed by atoms with Crippen LogP contribution in [0.15, 0.2) is 53.3 Å². The molecule has 1 N–H and O–H groups in total. The highest BCUT2D eigenvalue weighted by atomic mass is 32.1. The van der Waals surface area contributed by atoms with E-state index in [4.69, 9.17) is 0 Å². The van der Waals surface area contributed by atoms with Gasteiger partial charge in [-0.15, -0.1) is 11.3 Å². The first-order chi connectivity index (χ1) is 14.7. The highest BCUT2D eigenvalue weighted by molar-refractivity contribution is 7.26. The minimum Gasteiger partial charge on any atom is -0.324 e. The second-order valence-corrected chi connectivity index (χ2v) is 8.18. The molecule has 0 fully saturated rings. The molecular weight excluding hydrogens is 427 g/mol. The van der Waals surface area contributed by atoms with Crippen molar-refractivity contribution >= 4 is 43.1 Å². The zero-order valence-electron chi connectivity index (χ0n) is 16.7. The summed E-state index contributed by atoms with van der Waals surface area (Å²) in [7, 11) is 0. The molecule has 1 atom stereocenters. The number of thiophene rings is 1. The van der Waals surface area contributed by atoms with Gasteiger partial charge in [-0.25, -0.2) is 4.68 Å². The van der Waals surface area contributed by atoms with Crippen LogP contribution in [0, 0.1) is 6.92 Å². The van der Waals surface area contributed by atoms with Crippen molar-refractivity contribution in [3.63, 3.8) is 0 Å². The third kappa shape index (κ3) is 3.81. The molecule has 0 aliphatic rings. The predicted molar refractivity (Wildman–Crippen MR) is 116 cm³/mol. The molecule has 0 saturated heterocycles. The molecule has 1 amide bonds. The van der Waals surface area contributed by atoms with Crippen molar-refractivity contribution in [2.24, 2.45) is 0 Å². The van der Waals surface area contributed by atoms with E-state index in [1.165, 1.54) is 23.5 Å². The lowest BCUT2D eigenvalue weighted by atomic mass is 10.1. The molecule has 0 bridgehead atoms. The molecule has 5 nitrogen and oxygen atoms in total. The molecule has 2 aromatic heterocycles. The zero-order valence-corrected chi connectivity index (χ0v) is 17.5. The van der Waals surface area contributed by atoms with Gasteiger partial charge in [-0.3, -0.25) is 9.59 Å². The van der Waals surface area contributed by atoms with Crippen LogP contribution < -0.4 is 10.9 Å². The van der Waals surface area contributed by atoms with Crippen molar-refractivity contribution in [3.8, 4) is 0 Å². The van der Waals surface area contributed by atoms with E-state index in [0.717, 1.165) is 31.6 Å². The van der Waals surface area contributed by atoms with Gasteiger partial charge < -0.3 is 5.32 Å². The number of carbonyl (C=O) groups is 1. The zero-order chi connectivity index (χ0) is 22.3. The Labute approximate surface area is 179 Å². The Balaban J connectivity index is 1.76. The number of nitrogens with one attached hydrogen (secondary N) is 1. The van der Waals surface area contributed by atoms with Crippen LogP contribution in [0.25, 0.3) is 20.2 Å². The first-order valence-corrected chi connectivity index (χ1v) is 10.4. The van der Waals surface area contributed by atoms with Crippen molar-refractivity contribution in [2.75, 3.05) is 5.32 Å². The summed E-state index contributed by atoms with van der Waals surface area (Å²) in [5.74, 6) is -0.602. The fourth-order valence-electron chi connectivity index (χ4n) is 3.56. The maximum absolute atomic E-state index is 13.3. The van der Waals surface area contributed by atoms with Gasteiger partial charge in [0.25, 0.3) is 5.56 Å². The van der Waals surface area contributed by atoms with Crippen LogP contribution in [0.3, 0.4) is 0 Å². The van der Waals surface area contributed by atoms with E-state index in [0.29, 0.717) is 11.1 Å². The number of benzene rings is 2. The predicted octanol–water partition coefficient (Wildman–Crippen LogP) is 5.53. The summed E-state index contributed by atoms with van der Waals surface area (Å²) in [6, 6.07) is 10.9. The van der Waals surface area contributed by atoms with Gasteiger partial charge in [0.2, 0.25) is 5.91 Å². The Morgan fingerprint density at radius 2 is 1.94 bits per heavy atom. The lowest BCUT2D eigenvalue weighted by Gasteiger charge is -2.18. The summed E-state index contributed by atoms with van der Waals surface area (Å²) < 4.78 is 41.8. The molecule has 160 valence electrons. The van der Waals surface area contributed by atoms with E-state index in [-0.39, 0.29) is 12.1 Å². The number of hydrogen-bond donors (Lipinski definition) is 1. The largest absolute Gasteiger partial charge is 0.416 e. The van der Waals surface area contributed by atoms with Gasteiger partial charge in [0, 0.05) is 15.8 Å². The number of nitrogens with zero attached hydrogens (tertiary/aromatic N) is 2. The monoisotopic (exact) mass is 445 g/mol. The van der Waals surface area contributed by atoms with Gasteiger partial charge in [0.05, 0.1) is 21.3 Å². The number of aryl methyl sites for hydroxylation is 1. The highest BCUT2D eigenvalue weighted by Crippen LogP contribution is 2.33. The molecule has 0 aliphatic heterocycles. The standard InChI is InChI=1S/C22H18F3N3O2S/c1-3-16(20(29)26-14-8-6-7-13(11-14)22(23,24)25)28-21(30)18-15-9-4-5-10-17(15)31-19(18)12(2)27-28/h4-11,16H,3H2,1-2H3,(H,26,29)/t16-/m1/s1. The quantitative estimate of drug-likeness (QED) is 0.449. The Morgan fingerprint density at radius 3 is 2.65 bits per heavy atom. The molecule has 0 saturated carbocycles. The van der Waals surface area contributed by atoms with Crippen LogP contribution in [-0.2, 0) is 11.0 Å². The fraction of sp³-hybridized carbons (Fsp3) is 0.227. The SMILES string of the molecule is CC[C@H](C(=O)Nc1cccc(C(F)(F)F)c1)n1nc(C)c2sc3ccccc3c2c1=O. The highest BCUT2D eigenvalue weighted by Gasteiger charge is 2.31. The fourth-order valence-corrected chi connectivity index (χ4v) is 4.69. The summed E-state index contributed by atoms with van der Waals surface area (Å²) in [5, 5.41) is 8.14. The smallest absolute Gasteiger partial charge is 0.324 e. The van der Waals surface area contributed by atoms with Crippen LogP contribution >= 0.6 is 11.3 Å². The van der Waals surface area contributed by atoms with E-state index in [1.807, 2.05) is 24.3 Å². The van der Waals surface area contributed by atoms with Crippen LogP contribution in [0.2, 0.25) is 0 Å². The molecule has 0 radical (unpaired) electrons. The van der Waals surface area contributed by atoms with E-state index in [2.05, 4.69) is 10.4 Å². The van der Waals surface area contributed by atoms with Crippen molar-refractivity contribution in [1.29, 1.82) is 0 Å². The number of alkyl halides is 3. The third-order valence-electron chi connectivity index (χ3n) is 5.05. The second kappa shape index (κ2) is 7.81. The maximum atomic E-state index is 13.3. The topological polar surface area (TPSA) is 64.0 Å². The summed E-state index contributed by atoms with van der Waals surface area (Å²) in [5.41, 5.74) is -0.647. The lowest BCUT2D eigenvalue weighted by Crippen LogP contribution is -2.35. The number of rotatable bonds is 4. The molecule has 0 aliphatic carbocycles. The number of anilines is 1. The van der Waals surface area contributed by atoms with Gasteiger partial charge >= 0.3 is 6.18 Å². The normalized spacial score (nSPS) is 12.9. The van der Waals surface area contributed by atoms with Gasteiger partial charge in [-0.2, -0.15) is 18.3 Å². The van der Waals surface area contributed by atoms with Crippen molar-refractivity contribution in [1.82, 2.24) is 9.78 Å². The molecule has 0 spiro atoms. The van der Waals surface area contributed by atoms with Crippen LogP contribution in [0.5, 0.6) is 0 Å². The average Bonchev–Trinajstić information content (AvgIpc) is 3.12. The number of aromatic nitrogens is 2. The Hall–Kier alpha value is -3.20. The summed E-state index contributed by atoms with van der Waals surface area (Å²) in [6.45, 7) is 3.49. The number of halogens is 3. The minimum atomic E-state index is -4.52. The Morgan fingerprint density at radius 1 is 1.19 bits per heavy atom. The van der Waals surface area contributed by atoms with Crippen LogP contribution in [0.4, 0.5) is 18.9 Å². The first kappa shape index (κ1) is 21.0. The van der Waals surface area contributed by atoms with Crippen LogP contribution in [0.1, 0.15) is 30.6 Å². The number of hydrogen-bond acceptors (Lipinski definition) is 4. The van der Waals surface area contributed by atoms with E-state index < -0.39 is 29.2 Å². The number of carbonyl (C=O) groups excluding carboxylic acids is 1. The van der Waals surface area contributed by atoms with Gasteiger partial charge in [-0.1, -0.05) is 31.2 Å². The van der Waals surface area contributed by atoms with Crippen LogP contribution in [-0.4, -0.2) is 15.7 Å². The Kier molecular flexibility index (Phi) is 5.30. The summed E-state index contributed by atoms with van der Waals surface area (Å²) in [4.78, 5) is 26.2. The molecule has 4 rings (SSSR count). The van der Waals surface area contributed by atoms with E-state index >= 15 is 0 Å².